The van der Waals surface area contributed by atoms with Crippen molar-refractivity contribution >= 4 is 11.4 Å². The summed E-state index contributed by atoms with van der Waals surface area (Å²) in [6.45, 7) is 2.22. The number of para-hydroxylation sites is 1. The number of azo groups is 1. The zero-order valence-corrected chi connectivity index (χ0v) is 12.5. The minimum Gasteiger partial charge on any atom is -0.594 e. The summed E-state index contributed by atoms with van der Waals surface area (Å²) in [5.74, 6) is 0. The zero-order chi connectivity index (χ0) is 14.9. The quantitative estimate of drug-likeness (QED) is 0.276. The van der Waals surface area contributed by atoms with Crippen LogP contribution in [0.3, 0.4) is 0 Å². The molecule has 0 heterocycles. The van der Waals surface area contributed by atoms with Crippen LogP contribution in [0.15, 0.2) is 59.7 Å². The van der Waals surface area contributed by atoms with E-state index in [1.807, 2.05) is 30.3 Å². The van der Waals surface area contributed by atoms with Gasteiger partial charge in [0.2, 0.25) is 5.69 Å². The van der Waals surface area contributed by atoms with Crippen molar-refractivity contribution in [3.8, 4) is 0 Å². The predicted molar refractivity (Wildman–Crippen MR) is 86.1 cm³/mol. The molecule has 0 aromatic heterocycles. The molecule has 0 spiro atoms. The van der Waals surface area contributed by atoms with Crippen molar-refractivity contribution in [2.75, 3.05) is 0 Å². The number of nitrogens with zero attached hydrogens (tertiary/aromatic N) is 2. The summed E-state index contributed by atoms with van der Waals surface area (Å²) in [4.78, 5) is 0.663. The lowest BCUT2D eigenvalue weighted by atomic mass is 10.1. The molecule has 0 saturated carbocycles. The predicted octanol–water partition coefficient (Wildman–Crippen LogP) is 5.74. The summed E-state index contributed by atoms with van der Waals surface area (Å²) >= 11 is 0. The van der Waals surface area contributed by atoms with Crippen LogP contribution in [-0.4, -0.2) is 4.86 Å². The van der Waals surface area contributed by atoms with Crippen LogP contribution in [0.25, 0.3) is 0 Å². The highest BCUT2D eigenvalue weighted by Crippen LogP contribution is 2.18. The van der Waals surface area contributed by atoms with Gasteiger partial charge in [-0.15, -0.1) is 0 Å². The van der Waals surface area contributed by atoms with Crippen molar-refractivity contribution < 1.29 is 4.86 Å². The molecule has 0 unspecified atom stereocenters. The number of hydrogen-bond donors (Lipinski definition) is 0. The van der Waals surface area contributed by atoms with E-state index in [4.69, 9.17) is 0 Å². The SMILES string of the molecule is CCCCCCc1ccc(N=[N+]([O-])c2ccccc2)cc1. The lowest BCUT2D eigenvalue weighted by Crippen LogP contribution is -1.90. The fourth-order valence-corrected chi connectivity index (χ4v) is 2.20. The van der Waals surface area contributed by atoms with Crippen LogP contribution in [0.2, 0.25) is 0 Å². The molecule has 21 heavy (non-hydrogen) atoms. The molecular formula is C18H22N2O. The zero-order valence-electron chi connectivity index (χ0n) is 12.5. The van der Waals surface area contributed by atoms with Gasteiger partial charge in [-0.2, -0.15) is 0 Å². The molecule has 0 radical (unpaired) electrons. The average molecular weight is 282 g/mol. The van der Waals surface area contributed by atoms with Gasteiger partial charge < -0.3 is 5.21 Å². The maximum absolute atomic E-state index is 11.9. The molecule has 3 heteroatoms. The number of rotatable bonds is 7. The summed E-state index contributed by atoms with van der Waals surface area (Å²) in [5, 5.41) is 16.0. The van der Waals surface area contributed by atoms with E-state index in [0.717, 1.165) is 6.42 Å². The van der Waals surface area contributed by atoms with Gasteiger partial charge in [-0.1, -0.05) is 61.4 Å². The fraction of sp³-hybridized carbons (Fsp3) is 0.333. The normalized spacial score (nSPS) is 11.6. The minimum atomic E-state index is 0.543. The Hall–Kier alpha value is -2.16. The van der Waals surface area contributed by atoms with E-state index < -0.39 is 0 Å². The summed E-state index contributed by atoms with van der Waals surface area (Å²) in [7, 11) is 0. The molecule has 0 fully saturated rings. The van der Waals surface area contributed by atoms with Crippen LogP contribution >= 0.6 is 0 Å². The van der Waals surface area contributed by atoms with Crippen molar-refractivity contribution in [1.82, 2.24) is 0 Å². The Balaban J connectivity index is 1.96. The Morgan fingerprint density at radius 2 is 1.62 bits per heavy atom. The number of unbranched alkanes of at least 4 members (excludes halogenated alkanes) is 3. The van der Waals surface area contributed by atoms with Gasteiger partial charge in [-0.3, -0.25) is 0 Å². The molecule has 2 rings (SSSR count). The van der Waals surface area contributed by atoms with Crippen molar-refractivity contribution in [3.63, 3.8) is 0 Å². The molecule has 0 N–H and O–H groups in total. The molecule has 0 amide bonds. The monoisotopic (exact) mass is 282 g/mol. The molecule has 3 nitrogen and oxygen atoms in total. The van der Waals surface area contributed by atoms with E-state index in [1.54, 1.807) is 12.1 Å². The van der Waals surface area contributed by atoms with Crippen LogP contribution in [0, 0.1) is 5.21 Å². The molecule has 0 bridgehead atoms. The Kier molecular flexibility index (Phi) is 5.95. The van der Waals surface area contributed by atoms with Gasteiger partial charge in [0, 0.05) is 17.2 Å². The summed E-state index contributed by atoms with van der Waals surface area (Å²) in [5.41, 5.74) is 2.54. The van der Waals surface area contributed by atoms with E-state index in [0.29, 0.717) is 16.2 Å². The molecule has 0 aliphatic heterocycles. The Morgan fingerprint density at radius 1 is 0.905 bits per heavy atom. The standard InChI is InChI=1S/C18H22N2O/c1-2-3-4-6-9-16-12-14-17(15-13-16)19-20(21)18-10-7-5-8-11-18/h5,7-8,10-15H,2-4,6,9H2,1H3. The Morgan fingerprint density at radius 3 is 2.29 bits per heavy atom. The van der Waals surface area contributed by atoms with Crippen LogP contribution < -0.4 is 0 Å². The van der Waals surface area contributed by atoms with Crippen LogP contribution in [0.1, 0.15) is 38.2 Å². The lowest BCUT2D eigenvalue weighted by molar-refractivity contribution is -0.435. The van der Waals surface area contributed by atoms with Crippen molar-refractivity contribution in [2.24, 2.45) is 5.11 Å². The molecule has 0 aliphatic rings. The molecule has 2 aromatic carbocycles. The molecule has 0 atom stereocenters. The summed E-state index contributed by atoms with van der Waals surface area (Å²) in [6.07, 6.45) is 6.17. The van der Waals surface area contributed by atoms with E-state index >= 15 is 0 Å². The van der Waals surface area contributed by atoms with Crippen molar-refractivity contribution in [1.29, 1.82) is 0 Å². The summed E-state index contributed by atoms with van der Waals surface area (Å²) in [6, 6.07) is 17.0. The first kappa shape index (κ1) is 15.2. The molecule has 2 aromatic rings. The third kappa shape index (κ3) is 5.03. The highest BCUT2D eigenvalue weighted by molar-refractivity contribution is 5.38. The second kappa shape index (κ2) is 8.20. The molecule has 0 aliphatic carbocycles. The second-order valence-corrected chi connectivity index (χ2v) is 5.19. The average Bonchev–Trinajstić information content (AvgIpc) is 2.54. The highest BCUT2D eigenvalue weighted by atomic mass is 16.5. The molecule has 110 valence electrons. The first-order chi connectivity index (χ1) is 10.3. The molecule has 0 saturated heterocycles. The van der Waals surface area contributed by atoms with Crippen LogP contribution in [0.5, 0.6) is 0 Å². The second-order valence-electron chi connectivity index (χ2n) is 5.19. The van der Waals surface area contributed by atoms with Gasteiger partial charge >= 0.3 is 0 Å². The Labute approximate surface area is 126 Å². The van der Waals surface area contributed by atoms with Gasteiger partial charge in [-0.05, 0) is 30.5 Å². The van der Waals surface area contributed by atoms with Gasteiger partial charge in [0.25, 0.3) is 0 Å². The van der Waals surface area contributed by atoms with Crippen molar-refractivity contribution in [2.45, 2.75) is 39.0 Å². The van der Waals surface area contributed by atoms with E-state index in [2.05, 4.69) is 24.2 Å². The first-order valence-corrected chi connectivity index (χ1v) is 7.62. The molecular weight excluding hydrogens is 260 g/mol. The van der Waals surface area contributed by atoms with Gasteiger partial charge in [0.1, 0.15) is 5.69 Å². The third-order valence-corrected chi connectivity index (χ3v) is 3.44. The van der Waals surface area contributed by atoms with Gasteiger partial charge in [-0.25, -0.2) is 0 Å². The fourth-order valence-electron chi connectivity index (χ4n) is 2.20. The minimum absolute atomic E-state index is 0.543. The lowest BCUT2D eigenvalue weighted by Gasteiger charge is -2.02. The topological polar surface area (TPSA) is 38.4 Å². The number of benzene rings is 2. The number of aryl methyl sites for hydroxylation is 1. The summed E-state index contributed by atoms with van der Waals surface area (Å²) < 4.78 is 0. The van der Waals surface area contributed by atoms with Crippen LogP contribution in [0.4, 0.5) is 11.4 Å². The maximum Gasteiger partial charge on any atom is 0.244 e. The van der Waals surface area contributed by atoms with Crippen molar-refractivity contribution in [3.05, 3.63) is 65.4 Å². The maximum atomic E-state index is 11.9. The number of hydrogen-bond acceptors (Lipinski definition) is 2. The first-order valence-electron chi connectivity index (χ1n) is 7.62. The third-order valence-electron chi connectivity index (χ3n) is 3.44. The Bertz CT molecular complexity index is 562. The van der Waals surface area contributed by atoms with E-state index in [9.17, 15) is 5.21 Å². The van der Waals surface area contributed by atoms with Gasteiger partial charge in [0.15, 0.2) is 0 Å². The van der Waals surface area contributed by atoms with Gasteiger partial charge in [0.05, 0.1) is 0 Å². The van der Waals surface area contributed by atoms with Crippen LogP contribution in [-0.2, 0) is 6.42 Å². The largest absolute Gasteiger partial charge is 0.594 e. The highest BCUT2D eigenvalue weighted by Gasteiger charge is 2.02. The van der Waals surface area contributed by atoms with E-state index in [-0.39, 0.29) is 0 Å². The smallest absolute Gasteiger partial charge is 0.244 e. The van der Waals surface area contributed by atoms with E-state index in [1.165, 1.54) is 31.2 Å².